The molecule has 1 N–H and O–H groups in total. The van der Waals surface area contributed by atoms with Gasteiger partial charge in [0.25, 0.3) is 0 Å². The maximum Gasteiger partial charge on any atom is 0.416 e. The molecule has 0 saturated carbocycles. The molecule has 5 rings (SSSR count). The summed E-state index contributed by atoms with van der Waals surface area (Å²) in [4.78, 5) is 15.3. The maximum absolute atomic E-state index is 15.9. The van der Waals surface area contributed by atoms with Crippen LogP contribution in [0, 0.1) is 5.82 Å². The van der Waals surface area contributed by atoms with Gasteiger partial charge in [-0.2, -0.15) is 0 Å². The second-order valence-electron chi connectivity index (χ2n) is 8.03. The molecule has 3 aliphatic rings. The number of rotatable bonds is 4. The number of carbonyl (C=O) groups excluding carboxylic acids is 1. The van der Waals surface area contributed by atoms with Gasteiger partial charge in [-0.05, 0) is 19.9 Å². The van der Waals surface area contributed by atoms with Crippen LogP contribution in [0.3, 0.4) is 0 Å². The zero-order valence-corrected chi connectivity index (χ0v) is 17.2. The number of hydrogen-bond donors (Lipinski definition) is 1. The molecule has 0 radical (unpaired) electrons. The third-order valence-corrected chi connectivity index (χ3v) is 5.70. The number of aliphatic hydroxyl groups is 1. The van der Waals surface area contributed by atoms with Gasteiger partial charge in [0.1, 0.15) is 6.61 Å². The van der Waals surface area contributed by atoms with Gasteiger partial charge in [0.05, 0.1) is 49.1 Å². The molecule has 1 aromatic heterocycles. The summed E-state index contributed by atoms with van der Waals surface area (Å²) in [5.74, 6) is -0.523. The number of carbonyl (C=O) groups is 1. The number of fused-ring (bicyclic) bond motifs is 1. The predicted octanol–water partition coefficient (Wildman–Crippen LogP) is 1.94. The van der Waals surface area contributed by atoms with Crippen LogP contribution in [0.25, 0.3) is 11.0 Å². The van der Waals surface area contributed by atoms with Crippen molar-refractivity contribution in [3.05, 3.63) is 17.4 Å². The maximum atomic E-state index is 15.9. The third kappa shape index (κ3) is 3.41. The number of aliphatic hydroxyl groups excluding tert-OH is 1. The molecule has 1 amide bonds. The first-order chi connectivity index (χ1) is 15.0. The van der Waals surface area contributed by atoms with E-state index < -0.39 is 24.2 Å². The van der Waals surface area contributed by atoms with Crippen molar-refractivity contribution >= 4 is 28.6 Å². The summed E-state index contributed by atoms with van der Waals surface area (Å²) in [5.41, 5.74) is 0.711. The predicted molar refractivity (Wildman–Crippen MR) is 106 cm³/mol. The van der Waals surface area contributed by atoms with Gasteiger partial charge in [-0.1, -0.05) is 5.16 Å². The lowest BCUT2D eigenvalue weighted by Gasteiger charge is -2.38. The van der Waals surface area contributed by atoms with Crippen LogP contribution in [0.1, 0.15) is 25.7 Å². The van der Waals surface area contributed by atoms with E-state index >= 15 is 4.39 Å². The number of halogens is 1. The molecule has 3 fully saturated rings. The van der Waals surface area contributed by atoms with E-state index in [1.165, 1.54) is 4.90 Å². The summed E-state index contributed by atoms with van der Waals surface area (Å²) < 4.78 is 43.4. The Morgan fingerprint density at radius 3 is 2.61 bits per heavy atom. The zero-order valence-electron chi connectivity index (χ0n) is 17.2. The number of aromatic nitrogens is 1. The second kappa shape index (κ2) is 7.90. The Bertz CT molecular complexity index is 983. The lowest BCUT2D eigenvalue weighted by atomic mass is 10.0. The van der Waals surface area contributed by atoms with E-state index in [2.05, 4.69) is 5.16 Å². The molecule has 2 aromatic rings. The standard InChI is InChI=1S/C20H24FN3O7/c1-10-6-23(7-11(2)30-10)16-13(19-27-3-4-28-19)5-14-17(15(16)21)31-22-18(14)24-12(8-25)9-29-20(24)26/h5,10-12,19,25H,3-4,6-9H2,1-2H3/t10-,11+,12-/m1/s1. The monoisotopic (exact) mass is 437 g/mol. The van der Waals surface area contributed by atoms with E-state index in [4.69, 9.17) is 23.5 Å². The molecular weight excluding hydrogens is 413 g/mol. The van der Waals surface area contributed by atoms with Crippen molar-refractivity contribution in [2.24, 2.45) is 0 Å². The molecule has 0 spiro atoms. The number of morpholine rings is 1. The number of nitrogens with zero attached hydrogens (tertiary/aromatic N) is 3. The van der Waals surface area contributed by atoms with Gasteiger partial charge < -0.3 is 33.5 Å². The molecule has 11 heteroatoms. The van der Waals surface area contributed by atoms with Crippen molar-refractivity contribution in [1.29, 1.82) is 0 Å². The highest BCUT2D eigenvalue weighted by atomic mass is 19.1. The van der Waals surface area contributed by atoms with Crippen LogP contribution in [0.4, 0.5) is 20.7 Å². The molecule has 10 nitrogen and oxygen atoms in total. The fraction of sp³-hybridized carbons (Fsp3) is 0.600. The summed E-state index contributed by atoms with van der Waals surface area (Å²) in [6.45, 7) is 5.30. The number of anilines is 2. The van der Waals surface area contributed by atoms with Crippen LogP contribution in [0.2, 0.25) is 0 Å². The minimum atomic E-state index is -0.760. The smallest absolute Gasteiger partial charge is 0.416 e. The Morgan fingerprint density at radius 1 is 1.23 bits per heavy atom. The van der Waals surface area contributed by atoms with Crippen molar-refractivity contribution in [3.63, 3.8) is 0 Å². The quantitative estimate of drug-likeness (QED) is 0.768. The largest absolute Gasteiger partial charge is 0.447 e. The van der Waals surface area contributed by atoms with Gasteiger partial charge in [-0.3, -0.25) is 0 Å². The molecular formula is C20H24FN3O7. The average molecular weight is 437 g/mol. The van der Waals surface area contributed by atoms with E-state index in [1.807, 2.05) is 18.7 Å². The van der Waals surface area contributed by atoms with Gasteiger partial charge in [-0.25, -0.2) is 14.1 Å². The molecule has 0 aliphatic carbocycles. The molecule has 1 aromatic carbocycles. The van der Waals surface area contributed by atoms with Crippen LogP contribution in [-0.4, -0.2) is 74.1 Å². The second-order valence-corrected chi connectivity index (χ2v) is 8.03. The highest BCUT2D eigenvalue weighted by Crippen LogP contribution is 2.42. The number of cyclic esters (lactones) is 1. The van der Waals surface area contributed by atoms with Gasteiger partial charge in [0.15, 0.2) is 17.9 Å². The molecule has 3 saturated heterocycles. The van der Waals surface area contributed by atoms with E-state index in [-0.39, 0.29) is 42.2 Å². The van der Waals surface area contributed by atoms with E-state index in [1.54, 1.807) is 6.07 Å². The van der Waals surface area contributed by atoms with Gasteiger partial charge in [0.2, 0.25) is 5.58 Å². The van der Waals surface area contributed by atoms with Crippen molar-refractivity contribution in [2.75, 3.05) is 49.3 Å². The summed E-state index contributed by atoms with van der Waals surface area (Å²) in [5, 5.41) is 13.8. The van der Waals surface area contributed by atoms with E-state index in [0.717, 1.165) is 0 Å². The van der Waals surface area contributed by atoms with Crippen LogP contribution in [-0.2, 0) is 18.9 Å². The Kier molecular flexibility index (Phi) is 5.21. The molecule has 31 heavy (non-hydrogen) atoms. The first-order valence-electron chi connectivity index (χ1n) is 10.3. The van der Waals surface area contributed by atoms with Crippen molar-refractivity contribution in [2.45, 2.75) is 38.4 Å². The summed E-state index contributed by atoms with van der Waals surface area (Å²) >= 11 is 0. The fourth-order valence-corrected chi connectivity index (χ4v) is 4.46. The Hall–Kier alpha value is -2.47. The van der Waals surface area contributed by atoms with Crippen LogP contribution >= 0.6 is 0 Å². The van der Waals surface area contributed by atoms with Gasteiger partial charge >= 0.3 is 6.09 Å². The topological polar surface area (TPSA) is 107 Å². The Labute approximate surface area is 177 Å². The molecule has 3 atom stereocenters. The lowest BCUT2D eigenvalue weighted by Crippen LogP contribution is -2.46. The molecule has 3 aliphatic heterocycles. The van der Waals surface area contributed by atoms with Gasteiger partial charge in [0, 0.05) is 18.7 Å². The van der Waals surface area contributed by atoms with Crippen LogP contribution < -0.4 is 9.80 Å². The third-order valence-electron chi connectivity index (χ3n) is 5.70. The van der Waals surface area contributed by atoms with E-state index in [0.29, 0.717) is 37.6 Å². The van der Waals surface area contributed by atoms with Crippen molar-refractivity contribution < 1.29 is 37.8 Å². The fourth-order valence-electron chi connectivity index (χ4n) is 4.46. The summed E-state index contributed by atoms with van der Waals surface area (Å²) in [6.07, 6.45) is -1.62. The molecule has 168 valence electrons. The highest BCUT2D eigenvalue weighted by Gasteiger charge is 2.39. The first kappa shape index (κ1) is 20.4. The Balaban J connectivity index is 1.66. The lowest BCUT2D eigenvalue weighted by molar-refractivity contribution is -0.0445. The number of hydrogen-bond acceptors (Lipinski definition) is 9. The van der Waals surface area contributed by atoms with Crippen LogP contribution in [0.15, 0.2) is 10.6 Å². The minimum absolute atomic E-state index is 0.00944. The highest BCUT2D eigenvalue weighted by molar-refractivity contribution is 6.01. The van der Waals surface area contributed by atoms with Gasteiger partial charge in [-0.15, -0.1) is 0 Å². The summed E-state index contributed by atoms with van der Waals surface area (Å²) in [7, 11) is 0. The van der Waals surface area contributed by atoms with Crippen LogP contribution in [0.5, 0.6) is 0 Å². The molecule has 4 heterocycles. The van der Waals surface area contributed by atoms with Crippen molar-refractivity contribution in [1.82, 2.24) is 5.16 Å². The summed E-state index contributed by atoms with van der Waals surface area (Å²) in [6, 6.07) is 1.05. The zero-order chi connectivity index (χ0) is 21.7. The Morgan fingerprint density at radius 2 is 1.94 bits per heavy atom. The molecule has 0 bridgehead atoms. The number of ether oxygens (including phenoxy) is 4. The number of amides is 1. The van der Waals surface area contributed by atoms with E-state index in [9.17, 15) is 9.90 Å². The SMILES string of the molecule is C[C@@H]1CN(c2c(C3OCCO3)cc3c(N4C(=O)OC[C@H]4CO)noc3c2F)C[C@H](C)O1. The first-order valence-corrected chi connectivity index (χ1v) is 10.3. The average Bonchev–Trinajstić information content (AvgIpc) is 3.46. The van der Waals surface area contributed by atoms with Crippen molar-refractivity contribution in [3.8, 4) is 0 Å². The molecule has 0 unspecified atom stereocenters. The normalized spacial score (nSPS) is 27.5. The minimum Gasteiger partial charge on any atom is -0.447 e. The number of benzene rings is 1.